The monoisotopic (exact) mass is 151 g/mol. The van der Waals surface area contributed by atoms with Gasteiger partial charge in [0.2, 0.25) is 0 Å². The van der Waals surface area contributed by atoms with E-state index in [2.05, 4.69) is 17.5 Å². The molecule has 0 saturated carbocycles. The van der Waals surface area contributed by atoms with Crippen LogP contribution in [0, 0.1) is 22.7 Å². The number of rotatable bonds is 4. The summed E-state index contributed by atoms with van der Waals surface area (Å²) < 4.78 is 0. The Balaban J connectivity index is 3.51. The molecule has 3 nitrogen and oxygen atoms in total. The predicted molar refractivity (Wildman–Crippen MR) is 42.5 cm³/mol. The predicted octanol–water partition coefficient (Wildman–Crippen LogP) is 1.18. The summed E-state index contributed by atoms with van der Waals surface area (Å²) in [5.41, 5.74) is 0. The second-order valence-electron chi connectivity index (χ2n) is 2.69. The molecule has 2 atom stereocenters. The van der Waals surface area contributed by atoms with Crippen LogP contribution in [0.5, 0.6) is 0 Å². The molecule has 0 heterocycles. The highest BCUT2D eigenvalue weighted by atomic mass is 14.9. The van der Waals surface area contributed by atoms with E-state index in [1.165, 1.54) is 0 Å². The van der Waals surface area contributed by atoms with Gasteiger partial charge in [0.1, 0.15) is 0 Å². The number of nitrogens with one attached hydrogen (secondary N) is 1. The van der Waals surface area contributed by atoms with Crippen molar-refractivity contribution < 1.29 is 0 Å². The molecule has 0 aromatic carbocycles. The van der Waals surface area contributed by atoms with E-state index in [-0.39, 0.29) is 12.1 Å². The van der Waals surface area contributed by atoms with Gasteiger partial charge in [-0.1, -0.05) is 0 Å². The molecular weight excluding hydrogens is 138 g/mol. The Labute approximate surface area is 67.6 Å². The highest BCUT2D eigenvalue weighted by molar-refractivity contribution is 4.83. The third-order valence-electron chi connectivity index (χ3n) is 1.36. The van der Waals surface area contributed by atoms with Crippen molar-refractivity contribution in [2.45, 2.75) is 38.8 Å². The first-order valence-corrected chi connectivity index (χ1v) is 3.70. The zero-order valence-electron chi connectivity index (χ0n) is 6.96. The van der Waals surface area contributed by atoms with E-state index >= 15 is 0 Å². The van der Waals surface area contributed by atoms with Crippen LogP contribution in [0.15, 0.2) is 0 Å². The molecule has 0 spiro atoms. The Morgan fingerprint density at radius 2 is 1.45 bits per heavy atom. The third-order valence-corrected chi connectivity index (χ3v) is 1.36. The molecule has 60 valence electrons. The van der Waals surface area contributed by atoms with Crippen LogP contribution in [0.2, 0.25) is 0 Å². The molecule has 0 saturated heterocycles. The minimum Gasteiger partial charge on any atom is -0.310 e. The van der Waals surface area contributed by atoms with Crippen molar-refractivity contribution in [2.24, 2.45) is 0 Å². The molecule has 2 unspecified atom stereocenters. The van der Waals surface area contributed by atoms with Crippen LogP contribution in [-0.4, -0.2) is 12.1 Å². The Bertz CT molecular complexity index is 155. The lowest BCUT2D eigenvalue weighted by Crippen LogP contribution is -2.33. The maximum Gasteiger partial charge on any atom is 0.0638 e. The molecular formula is C8H13N3. The molecule has 1 N–H and O–H groups in total. The topological polar surface area (TPSA) is 59.6 Å². The third kappa shape index (κ3) is 5.39. The fourth-order valence-electron chi connectivity index (χ4n) is 0.877. The molecule has 0 bridgehead atoms. The minimum atomic E-state index is 0.184. The van der Waals surface area contributed by atoms with Gasteiger partial charge in [-0.2, -0.15) is 10.5 Å². The van der Waals surface area contributed by atoms with E-state index in [1.807, 2.05) is 13.8 Å². The van der Waals surface area contributed by atoms with Gasteiger partial charge in [-0.15, -0.1) is 0 Å². The van der Waals surface area contributed by atoms with E-state index in [4.69, 9.17) is 10.5 Å². The van der Waals surface area contributed by atoms with Crippen molar-refractivity contribution >= 4 is 0 Å². The van der Waals surface area contributed by atoms with Crippen molar-refractivity contribution in [2.75, 3.05) is 0 Å². The first kappa shape index (κ1) is 9.94. The van der Waals surface area contributed by atoms with Crippen molar-refractivity contribution in [1.82, 2.24) is 5.32 Å². The highest BCUT2D eigenvalue weighted by Gasteiger charge is 2.05. The van der Waals surface area contributed by atoms with Crippen molar-refractivity contribution in [1.29, 1.82) is 10.5 Å². The van der Waals surface area contributed by atoms with Gasteiger partial charge in [0.15, 0.2) is 0 Å². The first-order valence-electron chi connectivity index (χ1n) is 3.70. The molecule has 3 heteroatoms. The molecule has 0 aromatic heterocycles. The number of hydrogen-bond donors (Lipinski definition) is 1. The molecule has 0 aliphatic rings. The lowest BCUT2D eigenvalue weighted by atomic mass is 10.2. The Hall–Kier alpha value is -1.06. The SMILES string of the molecule is CC(CC#N)NC(C)CC#N. The van der Waals surface area contributed by atoms with Gasteiger partial charge in [0.25, 0.3) is 0 Å². The average molecular weight is 151 g/mol. The molecule has 0 aliphatic heterocycles. The summed E-state index contributed by atoms with van der Waals surface area (Å²) in [5, 5.41) is 19.8. The summed E-state index contributed by atoms with van der Waals surface area (Å²) in [4.78, 5) is 0. The highest BCUT2D eigenvalue weighted by Crippen LogP contribution is 1.94. The minimum absolute atomic E-state index is 0.184. The lowest BCUT2D eigenvalue weighted by Gasteiger charge is -2.14. The maximum atomic E-state index is 8.32. The molecule has 0 radical (unpaired) electrons. The maximum absolute atomic E-state index is 8.32. The zero-order valence-corrected chi connectivity index (χ0v) is 6.96. The van der Waals surface area contributed by atoms with Crippen molar-refractivity contribution in [3.8, 4) is 12.1 Å². The van der Waals surface area contributed by atoms with Gasteiger partial charge in [-0.3, -0.25) is 0 Å². The molecule has 11 heavy (non-hydrogen) atoms. The van der Waals surface area contributed by atoms with Crippen LogP contribution < -0.4 is 5.32 Å². The van der Waals surface area contributed by atoms with E-state index in [9.17, 15) is 0 Å². The number of hydrogen-bond acceptors (Lipinski definition) is 3. The molecule has 0 fully saturated rings. The Kier molecular flexibility index (Phi) is 5.15. The summed E-state index contributed by atoms with van der Waals surface area (Å²) in [7, 11) is 0. The van der Waals surface area contributed by atoms with Gasteiger partial charge >= 0.3 is 0 Å². The molecule has 0 aliphatic carbocycles. The molecule has 0 aromatic rings. The first-order chi connectivity index (χ1) is 5.20. The summed E-state index contributed by atoms with van der Waals surface area (Å²) in [6.45, 7) is 3.88. The summed E-state index contributed by atoms with van der Waals surface area (Å²) in [6, 6.07) is 4.51. The fraction of sp³-hybridized carbons (Fsp3) is 0.750. The van der Waals surface area contributed by atoms with Gasteiger partial charge in [-0.05, 0) is 13.8 Å². The van der Waals surface area contributed by atoms with E-state index < -0.39 is 0 Å². The van der Waals surface area contributed by atoms with E-state index in [1.54, 1.807) is 0 Å². The molecule has 0 amide bonds. The van der Waals surface area contributed by atoms with Crippen LogP contribution in [0.1, 0.15) is 26.7 Å². The van der Waals surface area contributed by atoms with Crippen molar-refractivity contribution in [3.63, 3.8) is 0 Å². The number of nitriles is 2. The standard InChI is InChI=1S/C8H13N3/c1-7(3-5-9)11-8(2)4-6-10/h7-8,11H,3-4H2,1-2H3. The van der Waals surface area contributed by atoms with E-state index in [0.29, 0.717) is 12.8 Å². The largest absolute Gasteiger partial charge is 0.310 e. The summed E-state index contributed by atoms with van der Waals surface area (Å²) >= 11 is 0. The van der Waals surface area contributed by atoms with Crippen molar-refractivity contribution in [3.05, 3.63) is 0 Å². The lowest BCUT2D eigenvalue weighted by molar-refractivity contribution is 0.476. The van der Waals surface area contributed by atoms with E-state index in [0.717, 1.165) is 0 Å². The summed E-state index contributed by atoms with van der Waals surface area (Å²) in [6.07, 6.45) is 0.992. The Morgan fingerprint density at radius 3 is 1.73 bits per heavy atom. The van der Waals surface area contributed by atoms with Gasteiger partial charge in [-0.25, -0.2) is 0 Å². The van der Waals surface area contributed by atoms with Gasteiger partial charge in [0.05, 0.1) is 25.0 Å². The second-order valence-corrected chi connectivity index (χ2v) is 2.69. The second kappa shape index (κ2) is 5.70. The normalized spacial score (nSPS) is 14.5. The number of nitrogens with zero attached hydrogens (tertiary/aromatic N) is 2. The summed E-state index contributed by atoms with van der Waals surface area (Å²) in [5.74, 6) is 0. The Morgan fingerprint density at radius 1 is 1.09 bits per heavy atom. The zero-order chi connectivity index (χ0) is 8.69. The quantitative estimate of drug-likeness (QED) is 0.656. The van der Waals surface area contributed by atoms with Gasteiger partial charge < -0.3 is 5.32 Å². The smallest absolute Gasteiger partial charge is 0.0638 e. The van der Waals surface area contributed by atoms with Gasteiger partial charge in [0, 0.05) is 12.1 Å². The van der Waals surface area contributed by atoms with Crippen LogP contribution in [-0.2, 0) is 0 Å². The average Bonchev–Trinajstić information content (AvgIpc) is 1.87. The van der Waals surface area contributed by atoms with Crippen LogP contribution in [0.25, 0.3) is 0 Å². The van der Waals surface area contributed by atoms with Crippen LogP contribution in [0.3, 0.4) is 0 Å². The van der Waals surface area contributed by atoms with Crippen LogP contribution >= 0.6 is 0 Å². The molecule has 0 rings (SSSR count). The van der Waals surface area contributed by atoms with Crippen LogP contribution in [0.4, 0.5) is 0 Å². The fourth-order valence-corrected chi connectivity index (χ4v) is 0.877.